The van der Waals surface area contributed by atoms with Gasteiger partial charge in [-0.25, -0.2) is 0 Å². The van der Waals surface area contributed by atoms with Crippen molar-refractivity contribution in [2.45, 2.75) is 6.92 Å². The van der Waals surface area contributed by atoms with Crippen molar-refractivity contribution in [3.63, 3.8) is 0 Å². The van der Waals surface area contributed by atoms with Gasteiger partial charge in [0.15, 0.2) is 5.75 Å². The number of benzene rings is 2. The maximum Gasteiger partial charge on any atom is 0.311 e. The first-order chi connectivity index (χ1) is 11.9. The molecule has 0 bridgehead atoms. The number of methoxy groups -OCH3 is 1. The van der Waals surface area contributed by atoms with Crippen LogP contribution in [-0.4, -0.2) is 30.0 Å². The summed E-state index contributed by atoms with van der Waals surface area (Å²) in [4.78, 5) is 23.5. The summed E-state index contributed by atoms with van der Waals surface area (Å²) in [5, 5.41) is 16.7. The van der Waals surface area contributed by atoms with E-state index in [-0.39, 0.29) is 17.0 Å². The number of nitro groups is 1. The van der Waals surface area contributed by atoms with E-state index in [1.165, 1.54) is 25.3 Å². The quantitative estimate of drug-likeness (QED) is 0.484. The zero-order valence-corrected chi connectivity index (χ0v) is 14.8. The number of thiocarbonyl (C=S) groups is 1. The first-order valence-corrected chi connectivity index (χ1v) is 7.75. The maximum atomic E-state index is 12.5. The third-order valence-corrected chi connectivity index (χ3v) is 4.12. The van der Waals surface area contributed by atoms with E-state index in [0.29, 0.717) is 10.7 Å². The summed E-state index contributed by atoms with van der Waals surface area (Å²) in [5.41, 5.74) is 2.08. The molecule has 0 aliphatic carbocycles. The normalized spacial score (nSPS) is 10.0. The Labute approximate surface area is 150 Å². The molecule has 0 heterocycles. The van der Waals surface area contributed by atoms with Crippen LogP contribution < -0.4 is 15.4 Å². The Morgan fingerprint density at radius 2 is 2.00 bits per heavy atom. The van der Waals surface area contributed by atoms with Gasteiger partial charge in [-0.15, -0.1) is 0 Å². The molecule has 0 aromatic heterocycles. The molecule has 0 fully saturated rings. The highest BCUT2D eigenvalue weighted by molar-refractivity contribution is 7.80. The molecule has 0 atom stereocenters. The van der Waals surface area contributed by atoms with Crippen LogP contribution in [0, 0.1) is 17.0 Å². The van der Waals surface area contributed by atoms with Crippen molar-refractivity contribution < 1.29 is 14.5 Å². The summed E-state index contributed by atoms with van der Waals surface area (Å²) in [7, 11) is 3.06. The Balaban J connectivity index is 2.33. The third kappa shape index (κ3) is 3.92. The highest BCUT2D eigenvalue weighted by Crippen LogP contribution is 2.28. The molecule has 0 saturated heterocycles. The fraction of sp³-hybridized carbons (Fsp3) is 0.176. The summed E-state index contributed by atoms with van der Waals surface area (Å²) in [5.74, 6) is -0.361. The number of nitro benzene ring substituents is 1. The lowest BCUT2D eigenvalue weighted by molar-refractivity contribution is -0.385. The van der Waals surface area contributed by atoms with Gasteiger partial charge in [0.25, 0.3) is 5.91 Å². The Morgan fingerprint density at radius 1 is 1.28 bits per heavy atom. The summed E-state index contributed by atoms with van der Waals surface area (Å²) in [6.07, 6.45) is 0. The van der Waals surface area contributed by atoms with Crippen molar-refractivity contribution in [2.24, 2.45) is 0 Å². The smallest absolute Gasteiger partial charge is 0.311 e. The lowest BCUT2D eigenvalue weighted by atomic mass is 10.1. The number of hydrogen-bond donors (Lipinski definition) is 2. The summed E-state index contributed by atoms with van der Waals surface area (Å²) >= 11 is 5.24. The van der Waals surface area contributed by atoms with Gasteiger partial charge in [-0.3, -0.25) is 14.9 Å². The van der Waals surface area contributed by atoms with Gasteiger partial charge < -0.3 is 15.4 Å². The minimum Gasteiger partial charge on any atom is -0.490 e. The standard InChI is InChI=1S/C17H17N3O4S/c1-10-12(17(25)18-2)5-4-6-13(10)19-16(21)11-7-8-15(24-3)14(9-11)20(22)23/h4-9H,1-3H3,(H,18,25)(H,19,21). The molecule has 2 aromatic carbocycles. The SMILES string of the molecule is CNC(=S)c1cccc(NC(=O)c2ccc(OC)c([N+](=O)[O-])c2)c1C. The fourth-order valence-electron chi connectivity index (χ4n) is 2.32. The summed E-state index contributed by atoms with van der Waals surface area (Å²) in [6.45, 7) is 1.84. The Morgan fingerprint density at radius 3 is 2.60 bits per heavy atom. The van der Waals surface area contributed by atoms with Crippen LogP contribution in [0.4, 0.5) is 11.4 Å². The van der Waals surface area contributed by atoms with Crippen LogP contribution in [0.1, 0.15) is 21.5 Å². The topological polar surface area (TPSA) is 93.5 Å². The molecule has 1 amide bonds. The van der Waals surface area contributed by atoms with E-state index in [4.69, 9.17) is 17.0 Å². The van der Waals surface area contributed by atoms with Crippen LogP contribution in [0.25, 0.3) is 0 Å². The molecule has 0 aliphatic heterocycles. The molecule has 8 heteroatoms. The Hall–Kier alpha value is -3.00. The summed E-state index contributed by atoms with van der Waals surface area (Å²) < 4.78 is 4.94. The molecule has 2 rings (SSSR count). The first-order valence-electron chi connectivity index (χ1n) is 7.34. The molecule has 0 unspecified atom stereocenters. The molecule has 0 aliphatic rings. The second-order valence-electron chi connectivity index (χ2n) is 5.16. The molecule has 0 radical (unpaired) electrons. The second kappa shape index (κ2) is 7.71. The van der Waals surface area contributed by atoms with Gasteiger partial charge in [0.2, 0.25) is 0 Å². The second-order valence-corrected chi connectivity index (χ2v) is 5.56. The molecule has 2 N–H and O–H groups in total. The molecule has 0 saturated carbocycles. The number of carbonyl (C=O) groups excluding carboxylic acids is 1. The van der Waals surface area contributed by atoms with Gasteiger partial charge in [-0.2, -0.15) is 0 Å². The lowest BCUT2D eigenvalue weighted by Gasteiger charge is -2.13. The minimum absolute atomic E-state index is 0.0964. The van der Waals surface area contributed by atoms with Crippen molar-refractivity contribution in [3.8, 4) is 5.75 Å². The zero-order valence-electron chi connectivity index (χ0n) is 14.0. The predicted octanol–water partition coefficient (Wildman–Crippen LogP) is 3.06. The fourth-order valence-corrected chi connectivity index (χ4v) is 2.54. The van der Waals surface area contributed by atoms with Crippen LogP contribution in [-0.2, 0) is 0 Å². The molecular formula is C17H17N3O4S. The van der Waals surface area contributed by atoms with Crippen molar-refractivity contribution in [2.75, 3.05) is 19.5 Å². The number of amides is 1. The maximum absolute atomic E-state index is 12.5. The number of ether oxygens (including phenoxy) is 1. The van der Waals surface area contributed by atoms with Crippen molar-refractivity contribution in [1.82, 2.24) is 5.32 Å². The number of nitrogens with zero attached hydrogens (tertiary/aromatic N) is 1. The van der Waals surface area contributed by atoms with E-state index >= 15 is 0 Å². The first kappa shape index (κ1) is 18.3. The number of hydrogen-bond acceptors (Lipinski definition) is 5. The van der Waals surface area contributed by atoms with Crippen LogP contribution in [0.15, 0.2) is 36.4 Å². The third-order valence-electron chi connectivity index (χ3n) is 3.69. The van der Waals surface area contributed by atoms with Gasteiger partial charge in [0.05, 0.1) is 12.0 Å². The van der Waals surface area contributed by atoms with Crippen molar-refractivity contribution >= 4 is 34.5 Å². The van der Waals surface area contributed by atoms with E-state index in [0.717, 1.165) is 11.1 Å². The zero-order chi connectivity index (χ0) is 18.6. The number of anilines is 1. The average Bonchev–Trinajstić information content (AvgIpc) is 2.62. The largest absolute Gasteiger partial charge is 0.490 e. The predicted molar refractivity (Wildman–Crippen MR) is 99.5 cm³/mol. The Kier molecular flexibility index (Phi) is 5.66. The average molecular weight is 359 g/mol. The highest BCUT2D eigenvalue weighted by atomic mass is 32.1. The van der Waals surface area contributed by atoms with Crippen LogP contribution in [0.2, 0.25) is 0 Å². The van der Waals surface area contributed by atoms with E-state index in [9.17, 15) is 14.9 Å². The monoisotopic (exact) mass is 359 g/mol. The highest BCUT2D eigenvalue weighted by Gasteiger charge is 2.19. The van der Waals surface area contributed by atoms with Crippen molar-refractivity contribution in [1.29, 1.82) is 0 Å². The molecule has 7 nitrogen and oxygen atoms in total. The molecule has 25 heavy (non-hydrogen) atoms. The molecular weight excluding hydrogens is 342 g/mol. The number of rotatable bonds is 5. The van der Waals surface area contributed by atoms with E-state index in [1.54, 1.807) is 19.2 Å². The number of carbonyl (C=O) groups is 1. The van der Waals surface area contributed by atoms with Gasteiger partial charge >= 0.3 is 5.69 Å². The summed E-state index contributed by atoms with van der Waals surface area (Å²) in [6, 6.07) is 9.42. The van der Waals surface area contributed by atoms with E-state index in [1.807, 2.05) is 13.0 Å². The van der Waals surface area contributed by atoms with Crippen LogP contribution >= 0.6 is 12.2 Å². The lowest BCUT2D eigenvalue weighted by Crippen LogP contribution is -2.19. The Bertz CT molecular complexity index is 852. The van der Waals surface area contributed by atoms with E-state index in [2.05, 4.69) is 10.6 Å². The van der Waals surface area contributed by atoms with Gasteiger partial charge in [0, 0.05) is 29.9 Å². The number of nitrogens with one attached hydrogen (secondary N) is 2. The van der Waals surface area contributed by atoms with E-state index < -0.39 is 10.8 Å². The molecule has 2 aromatic rings. The van der Waals surface area contributed by atoms with Crippen LogP contribution in [0.3, 0.4) is 0 Å². The van der Waals surface area contributed by atoms with Gasteiger partial charge in [-0.1, -0.05) is 24.4 Å². The van der Waals surface area contributed by atoms with Crippen molar-refractivity contribution in [3.05, 3.63) is 63.2 Å². The van der Waals surface area contributed by atoms with Gasteiger partial charge in [0.1, 0.15) is 4.99 Å². The van der Waals surface area contributed by atoms with Crippen LogP contribution in [0.5, 0.6) is 5.75 Å². The molecule has 130 valence electrons. The molecule has 0 spiro atoms. The minimum atomic E-state index is -0.590. The van der Waals surface area contributed by atoms with Gasteiger partial charge in [-0.05, 0) is 30.7 Å².